The van der Waals surface area contributed by atoms with Gasteiger partial charge >= 0.3 is 6.18 Å². The number of ether oxygens (including phenoxy) is 1. The van der Waals surface area contributed by atoms with E-state index in [4.69, 9.17) is 10.00 Å². The van der Waals surface area contributed by atoms with Crippen molar-refractivity contribution < 1.29 is 35.5 Å². The highest BCUT2D eigenvalue weighted by Gasteiger charge is 2.42. The lowest BCUT2D eigenvalue weighted by Crippen LogP contribution is -2.16. The van der Waals surface area contributed by atoms with Crippen LogP contribution in [0.3, 0.4) is 0 Å². The summed E-state index contributed by atoms with van der Waals surface area (Å²) in [4.78, 5) is 0. The molecule has 11 heteroatoms. The third-order valence-corrected chi connectivity index (χ3v) is 4.35. The second-order valence-electron chi connectivity index (χ2n) is 6.50. The van der Waals surface area contributed by atoms with E-state index in [-0.39, 0.29) is 6.61 Å². The summed E-state index contributed by atoms with van der Waals surface area (Å²) in [5.41, 5.74) is -1.00. The van der Waals surface area contributed by atoms with Gasteiger partial charge in [0.05, 0.1) is 17.8 Å². The molecule has 0 atom stereocenters. The van der Waals surface area contributed by atoms with E-state index in [0.29, 0.717) is 22.4 Å². The summed E-state index contributed by atoms with van der Waals surface area (Å²) in [6, 6.07) is 14.9. The third-order valence-electron chi connectivity index (χ3n) is 4.35. The van der Waals surface area contributed by atoms with Crippen molar-refractivity contribution in [3.8, 4) is 11.8 Å². The maximum atomic E-state index is 13.8. The molecular formula is C22H12F7N3O. The van der Waals surface area contributed by atoms with Crippen LogP contribution in [-0.2, 0) is 12.8 Å². The van der Waals surface area contributed by atoms with Crippen LogP contribution in [0, 0.1) is 34.6 Å². The van der Waals surface area contributed by atoms with Gasteiger partial charge in [0.2, 0.25) is 0 Å². The van der Waals surface area contributed by atoms with Gasteiger partial charge in [0.1, 0.15) is 23.6 Å². The first-order chi connectivity index (χ1) is 15.6. The number of halogens is 7. The summed E-state index contributed by atoms with van der Waals surface area (Å²) in [6.45, 7) is 0.127. The van der Waals surface area contributed by atoms with Crippen LogP contribution in [0.25, 0.3) is 0 Å². The Bertz CT molecular complexity index is 1200. The first kappa shape index (κ1) is 23.6. The van der Waals surface area contributed by atoms with Crippen molar-refractivity contribution in [2.45, 2.75) is 12.8 Å². The van der Waals surface area contributed by atoms with E-state index in [0.717, 1.165) is 6.21 Å². The normalized spacial score (nSPS) is 11.5. The molecule has 0 aliphatic heterocycles. The Balaban J connectivity index is 1.70. The Morgan fingerprint density at radius 3 is 2.09 bits per heavy atom. The predicted octanol–water partition coefficient (Wildman–Crippen LogP) is 6.16. The summed E-state index contributed by atoms with van der Waals surface area (Å²) in [5.74, 6) is -9.27. The quantitative estimate of drug-likeness (QED) is 0.205. The Hall–Kier alpha value is -4.07. The Morgan fingerprint density at radius 1 is 0.909 bits per heavy atom. The van der Waals surface area contributed by atoms with Gasteiger partial charge in [0.15, 0.2) is 23.3 Å². The molecular weight excluding hydrogens is 455 g/mol. The van der Waals surface area contributed by atoms with Crippen molar-refractivity contribution in [3.05, 3.63) is 94.1 Å². The van der Waals surface area contributed by atoms with Crippen LogP contribution in [0.15, 0.2) is 53.6 Å². The molecule has 0 amide bonds. The highest BCUT2D eigenvalue weighted by molar-refractivity contribution is 5.80. The highest BCUT2D eigenvalue weighted by Crippen LogP contribution is 2.38. The highest BCUT2D eigenvalue weighted by atomic mass is 19.4. The lowest BCUT2D eigenvalue weighted by atomic mass is 10.1. The zero-order valence-corrected chi connectivity index (χ0v) is 16.4. The van der Waals surface area contributed by atoms with Gasteiger partial charge in [-0.3, -0.25) is 5.43 Å². The van der Waals surface area contributed by atoms with Gasteiger partial charge in [-0.05, 0) is 35.9 Å². The van der Waals surface area contributed by atoms with Gasteiger partial charge in [0, 0.05) is 5.56 Å². The topological polar surface area (TPSA) is 57.4 Å². The van der Waals surface area contributed by atoms with E-state index < -0.39 is 40.7 Å². The van der Waals surface area contributed by atoms with Gasteiger partial charge < -0.3 is 4.74 Å². The van der Waals surface area contributed by atoms with Gasteiger partial charge in [-0.1, -0.05) is 18.2 Å². The maximum absolute atomic E-state index is 13.8. The summed E-state index contributed by atoms with van der Waals surface area (Å²) >= 11 is 0. The molecule has 3 aromatic rings. The molecule has 0 aliphatic carbocycles. The van der Waals surface area contributed by atoms with Crippen LogP contribution in [0.2, 0.25) is 0 Å². The maximum Gasteiger partial charge on any atom is 0.422 e. The van der Waals surface area contributed by atoms with Crippen molar-refractivity contribution in [2.24, 2.45) is 5.10 Å². The molecule has 0 spiro atoms. The monoisotopic (exact) mass is 467 g/mol. The molecule has 0 aliphatic rings. The fraction of sp³-hybridized carbons (Fsp3) is 0.0909. The van der Waals surface area contributed by atoms with Crippen molar-refractivity contribution in [3.63, 3.8) is 0 Å². The first-order valence-electron chi connectivity index (χ1n) is 9.06. The number of hydrogen-bond donors (Lipinski definition) is 1. The van der Waals surface area contributed by atoms with Crippen LogP contribution in [-0.4, -0.2) is 6.21 Å². The molecule has 3 rings (SSSR count). The van der Waals surface area contributed by atoms with E-state index in [1.54, 1.807) is 29.7 Å². The molecule has 0 bridgehead atoms. The second kappa shape index (κ2) is 9.60. The standard InChI is InChI=1S/C22H12F7N3O/c23-17-16(22(27,28)29)18(24)20(26)21(19(17)25)32-31-10-12-5-7-15(8-6-12)33-11-14-4-2-1-3-13(14)9-30/h1-8,10,32H,11H2/b31-10-. The molecule has 3 aromatic carbocycles. The third kappa shape index (κ3) is 5.23. The SMILES string of the molecule is N#Cc1ccccc1COc1ccc(/C=N\Nc2c(F)c(F)c(C(F)(F)F)c(F)c2F)cc1. The largest absolute Gasteiger partial charge is 0.489 e. The van der Waals surface area contributed by atoms with E-state index in [9.17, 15) is 30.7 Å². The van der Waals surface area contributed by atoms with Gasteiger partial charge in [-0.15, -0.1) is 0 Å². The molecule has 0 unspecified atom stereocenters. The summed E-state index contributed by atoms with van der Waals surface area (Å²) in [5, 5.41) is 12.5. The second-order valence-corrected chi connectivity index (χ2v) is 6.50. The summed E-state index contributed by atoms with van der Waals surface area (Å²) < 4.78 is 98.3. The average Bonchev–Trinajstić information content (AvgIpc) is 2.79. The fourth-order valence-electron chi connectivity index (χ4n) is 2.72. The zero-order chi connectivity index (χ0) is 24.2. The zero-order valence-electron chi connectivity index (χ0n) is 16.4. The lowest BCUT2D eigenvalue weighted by Gasteiger charge is -2.13. The molecule has 1 N–H and O–H groups in total. The van der Waals surface area contributed by atoms with Crippen molar-refractivity contribution in [1.82, 2.24) is 0 Å². The molecule has 170 valence electrons. The first-order valence-corrected chi connectivity index (χ1v) is 9.06. The molecule has 0 saturated heterocycles. The number of alkyl halides is 3. The number of rotatable bonds is 6. The molecule has 33 heavy (non-hydrogen) atoms. The Kier molecular flexibility index (Phi) is 6.86. The van der Waals surface area contributed by atoms with Gasteiger partial charge in [0.25, 0.3) is 0 Å². The number of anilines is 1. The van der Waals surface area contributed by atoms with Crippen molar-refractivity contribution >= 4 is 11.9 Å². The van der Waals surface area contributed by atoms with Crippen LogP contribution >= 0.6 is 0 Å². The van der Waals surface area contributed by atoms with Crippen LogP contribution in [0.1, 0.15) is 22.3 Å². The molecule has 0 aromatic heterocycles. The summed E-state index contributed by atoms with van der Waals surface area (Å²) in [7, 11) is 0. The van der Waals surface area contributed by atoms with Crippen LogP contribution < -0.4 is 10.2 Å². The van der Waals surface area contributed by atoms with E-state index in [1.807, 2.05) is 6.07 Å². The van der Waals surface area contributed by atoms with E-state index in [2.05, 4.69) is 5.10 Å². The molecule has 0 saturated carbocycles. The van der Waals surface area contributed by atoms with Crippen LogP contribution in [0.4, 0.5) is 36.4 Å². The molecule has 4 nitrogen and oxygen atoms in total. The van der Waals surface area contributed by atoms with E-state index >= 15 is 0 Å². The minimum absolute atomic E-state index is 0.127. The molecule has 0 fully saturated rings. The lowest BCUT2D eigenvalue weighted by molar-refractivity contribution is -0.143. The van der Waals surface area contributed by atoms with E-state index in [1.165, 1.54) is 24.3 Å². The number of hydrogen-bond acceptors (Lipinski definition) is 4. The average molecular weight is 467 g/mol. The number of benzene rings is 3. The summed E-state index contributed by atoms with van der Waals surface area (Å²) in [6.07, 6.45) is -4.61. The molecule has 0 radical (unpaired) electrons. The van der Waals surface area contributed by atoms with Gasteiger partial charge in [-0.25, -0.2) is 17.6 Å². The number of nitrogens with one attached hydrogen (secondary N) is 1. The van der Waals surface area contributed by atoms with Crippen molar-refractivity contribution in [1.29, 1.82) is 5.26 Å². The van der Waals surface area contributed by atoms with Crippen LogP contribution in [0.5, 0.6) is 5.75 Å². The fourth-order valence-corrected chi connectivity index (χ4v) is 2.72. The molecule has 0 heterocycles. The number of nitrogens with zero attached hydrogens (tertiary/aromatic N) is 2. The number of nitriles is 1. The number of hydrazone groups is 1. The Morgan fingerprint density at radius 2 is 1.52 bits per heavy atom. The smallest absolute Gasteiger partial charge is 0.422 e. The van der Waals surface area contributed by atoms with Gasteiger partial charge in [-0.2, -0.15) is 23.5 Å². The minimum atomic E-state index is -5.63. The predicted molar refractivity (Wildman–Crippen MR) is 104 cm³/mol. The van der Waals surface area contributed by atoms with Crippen molar-refractivity contribution in [2.75, 3.05) is 5.43 Å². The minimum Gasteiger partial charge on any atom is -0.489 e. The Labute approximate surface area is 182 Å².